The first-order chi connectivity index (χ1) is 15.5. The summed E-state index contributed by atoms with van der Waals surface area (Å²) in [7, 11) is 0. The topological polar surface area (TPSA) is 83.3 Å². The Hall–Kier alpha value is -3.06. The molecule has 0 radical (unpaired) electrons. The largest absolute Gasteiger partial charge is 0.385 e. The van der Waals surface area contributed by atoms with Gasteiger partial charge in [0, 0.05) is 48.5 Å². The third-order valence-corrected chi connectivity index (χ3v) is 6.67. The lowest BCUT2D eigenvalue weighted by Crippen LogP contribution is -2.34. The number of amides is 1. The molecule has 3 aromatic rings. The van der Waals surface area contributed by atoms with Crippen LogP contribution in [0, 0.1) is 12.8 Å². The maximum absolute atomic E-state index is 13.1. The van der Waals surface area contributed by atoms with Crippen LogP contribution in [0.25, 0.3) is 0 Å². The van der Waals surface area contributed by atoms with Gasteiger partial charge < -0.3 is 21.3 Å². The van der Waals surface area contributed by atoms with Gasteiger partial charge in [-0.1, -0.05) is 13.0 Å². The van der Waals surface area contributed by atoms with Gasteiger partial charge >= 0.3 is 0 Å². The average Bonchev–Trinajstić information content (AvgIpc) is 3.20. The van der Waals surface area contributed by atoms with Gasteiger partial charge in [-0.2, -0.15) is 0 Å². The number of nitrogens with two attached hydrogens (primary N) is 1. The third-order valence-electron chi connectivity index (χ3n) is 5.94. The smallest absolute Gasteiger partial charge is 0.257 e. The molecule has 32 heavy (non-hydrogen) atoms. The summed E-state index contributed by atoms with van der Waals surface area (Å²) in [6.45, 7) is 7.15. The Morgan fingerprint density at radius 2 is 1.88 bits per heavy atom. The molecule has 0 aliphatic carbocycles. The summed E-state index contributed by atoms with van der Waals surface area (Å²) in [5.74, 6) is 0.681. The Kier molecular flexibility index (Phi) is 6.95. The van der Waals surface area contributed by atoms with E-state index in [1.54, 1.807) is 0 Å². The highest BCUT2D eigenvalue weighted by atomic mass is 32.1. The first-order valence-electron chi connectivity index (χ1n) is 11.2. The number of rotatable bonds is 7. The molecule has 168 valence electrons. The van der Waals surface area contributed by atoms with Gasteiger partial charge in [0.2, 0.25) is 0 Å². The molecule has 1 amide bonds. The van der Waals surface area contributed by atoms with Crippen LogP contribution in [0.3, 0.4) is 0 Å². The van der Waals surface area contributed by atoms with Gasteiger partial charge in [-0.25, -0.2) is 4.98 Å². The summed E-state index contributed by atoms with van der Waals surface area (Å²) in [6.07, 6.45) is 3.15. The Bertz CT molecular complexity index is 1050. The number of aromatic nitrogens is 1. The van der Waals surface area contributed by atoms with Crippen LogP contribution in [-0.4, -0.2) is 30.5 Å². The van der Waals surface area contributed by atoms with Crippen molar-refractivity contribution in [1.29, 1.82) is 0 Å². The zero-order chi connectivity index (χ0) is 22.5. The summed E-state index contributed by atoms with van der Waals surface area (Å²) in [5.41, 5.74) is 11.4. The summed E-state index contributed by atoms with van der Waals surface area (Å²) in [6, 6.07) is 13.9. The Labute approximate surface area is 193 Å². The molecule has 6 nitrogen and oxygen atoms in total. The number of piperidine rings is 1. The molecule has 1 aromatic heterocycles. The number of hydrogen-bond donors (Lipinski definition) is 3. The fourth-order valence-electron chi connectivity index (χ4n) is 3.99. The number of anilines is 4. The minimum absolute atomic E-state index is 0.0690. The predicted octanol–water partition coefficient (Wildman–Crippen LogP) is 5.18. The van der Waals surface area contributed by atoms with Gasteiger partial charge in [0.25, 0.3) is 5.91 Å². The molecule has 0 bridgehead atoms. The second-order valence-corrected chi connectivity index (χ2v) is 9.47. The lowest BCUT2D eigenvalue weighted by molar-refractivity contribution is 0.102. The van der Waals surface area contributed by atoms with E-state index in [9.17, 15) is 4.79 Å². The normalized spacial score (nSPS) is 14.4. The summed E-state index contributed by atoms with van der Waals surface area (Å²) < 4.78 is 0. The van der Waals surface area contributed by atoms with Crippen LogP contribution in [0.4, 0.5) is 22.2 Å². The highest BCUT2D eigenvalue weighted by Gasteiger charge is 2.21. The number of carbonyl (C=O) groups excluding carboxylic acids is 1. The van der Waals surface area contributed by atoms with Crippen molar-refractivity contribution in [2.45, 2.75) is 33.1 Å². The first-order valence-corrected chi connectivity index (χ1v) is 12.1. The standard InChI is InChI=1S/C25H31N5OS/c1-17-10-13-30(14-11-17)23-15-18(2)3-8-22(23)24(31)28-20-6-4-19(5-7-20)27-12-9-21-16-32-25(26)29-21/h3-8,15-17,27H,9-14H2,1-2H3,(H2,26,29)(H,28,31). The molecular weight excluding hydrogens is 418 g/mol. The van der Waals surface area contributed by atoms with Crippen molar-refractivity contribution in [3.05, 3.63) is 64.7 Å². The maximum Gasteiger partial charge on any atom is 0.257 e. The zero-order valence-corrected chi connectivity index (χ0v) is 19.5. The van der Waals surface area contributed by atoms with E-state index in [0.717, 1.165) is 60.3 Å². The number of aryl methyl sites for hydroxylation is 1. The first kappa shape index (κ1) is 22.1. The van der Waals surface area contributed by atoms with Gasteiger partial charge in [0.05, 0.1) is 11.3 Å². The molecule has 1 saturated heterocycles. The molecule has 4 N–H and O–H groups in total. The lowest BCUT2D eigenvalue weighted by atomic mass is 9.97. The molecule has 2 heterocycles. The van der Waals surface area contributed by atoms with Crippen molar-refractivity contribution in [3.8, 4) is 0 Å². The molecule has 4 rings (SSSR count). The highest BCUT2D eigenvalue weighted by molar-refractivity contribution is 7.13. The van der Waals surface area contributed by atoms with E-state index in [0.29, 0.717) is 5.13 Å². The molecule has 2 aromatic carbocycles. The minimum Gasteiger partial charge on any atom is -0.385 e. The number of carbonyl (C=O) groups is 1. The van der Waals surface area contributed by atoms with Crippen molar-refractivity contribution in [1.82, 2.24) is 4.98 Å². The predicted molar refractivity (Wildman–Crippen MR) is 135 cm³/mol. The summed E-state index contributed by atoms with van der Waals surface area (Å²) >= 11 is 1.46. The van der Waals surface area contributed by atoms with Crippen molar-refractivity contribution in [2.24, 2.45) is 5.92 Å². The van der Waals surface area contributed by atoms with Crippen LogP contribution in [0.15, 0.2) is 47.8 Å². The maximum atomic E-state index is 13.1. The van der Waals surface area contributed by atoms with Crippen LogP contribution in [-0.2, 0) is 6.42 Å². The second-order valence-electron chi connectivity index (χ2n) is 8.58. The fourth-order valence-corrected chi connectivity index (χ4v) is 4.58. The van der Waals surface area contributed by atoms with Gasteiger partial charge in [0.15, 0.2) is 5.13 Å². The zero-order valence-electron chi connectivity index (χ0n) is 18.7. The Balaban J connectivity index is 1.37. The highest BCUT2D eigenvalue weighted by Crippen LogP contribution is 2.28. The average molecular weight is 450 g/mol. The van der Waals surface area contributed by atoms with E-state index in [-0.39, 0.29) is 5.91 Å². The summed E-state index contributed by atoms with van der Waals surface area (Å²) in [4.78, 5) is 19.7. The molecule has 0 unspecified atom stereocenters. The Morgan fingerprint density at radius 1 is 1.16 bits per heavy atom. The number of nitrogen functional groups attached to an aromatic ring is 1. The molecule has 0 spiro atoms. The molecule has 1 fully saturated rings. The quantitative estimate of drug-likeness (QED) is 0.463. The summed E-state index contributed by atoms with van der Waals surface area (Å²) in [5, 5.41) is 9.03. The molecule has 7 heteroatoms. The van der Waals surface area contributed by atoms with E-state index < -0.39 is 0 Å². The van der Waals surface area contributed by atoms with Gasteiger partial charge in [0.1, 0.15) is 0 Å². The van der Waals surface area contributed by atoms with Crippen molar-refractivity contribution < 1.29 is 4.79 Å². The van der Waals surface area contributed by atoms with Gasteiger partial charge in [-0.3, -0.25) is 4.79 Å². The van der Waals surface area contributed by atoms with E-state index in [4.69, 9.17) is 5.73 Å². The number of thiazole rings is 1. The number of nitrogens with zero attached hydrogens (tertiary/aromatic N) is 2. The lowest BCUT2D eigenvalue weighted by Gasteiger charge is -2.33. The number of hydrogen-bond acceptors (Lipinski definition) is 6. The SMILES string of the molecule is Cc1ccc(C(=O)Nc2ccc(NCCc3csc(N)n3)cc2)c(N2CCC(C)CC2)c1. The van der Waals surface area contributed by atoms with Crippen molar-refractivity contribution in [3.63, 3.8) is 0 Å². The Morgan fingerprint density at radius 3 is 2.56 bits per heavy atom. The third kappa shape index (κ3) is 5.59. The van der Waals surface area contributed by atoms with Crippen LogP contribution >= 0.6 is 11.3 Å². The van der Waals surface area contributed by atoms with E-state index >= 15 is 0 Å². The van der Waals surface area contributed by atoms with E-state index in [1.807, 2.05) is 41.8 Å². The number of benzene rings is 2. The number of nitrogens with one attached hydrogen (secondary N) is 2. The van der Waals surface area contributed by atoms with Crippen LogP contribution < -0.4 is 21.3 Å². The van der Waals surface area contributed by atoms with Crippen LogP contribution in [0.5, 0.6) is 0 Å². The fraction of sp³-hybridized carbons (Fsp3) is 0.360. The van der Waals surface area contributed by atoms with E-state index in [1.165, 1.54) is 29.7 Å². The molecule has 0 saturated carbocycles. The molecular formula is C25H31N5OS. The molecule has 0 atom stereocenters. The van der Waals surface area contributed by atoms with Crippen molar-refractivity contribution in [2.75, 3.05) is 40.9 Å². The van der Waals surface area contributed by atoms with E-state index in [2.05, 4.69) is 40.4 Å². The van der Waals surface area contributed by atoms with Gasteiger partial charge in [-0.05, 0) is 67.6 Å². The monoisotopic (exact) mass is 449 g/mol. The van der Waals surface area contributed by atoms with Crippen LogP contribution in [0.1, 0.15) is 41.4 Å². The molecule has 1 aliphatic rings. The van der Waals surface area contributed by atoms with Gasteiger partial charge in [-0.15, -0.1) is 11.3 Å². The van der Waals surface area contributed by atoms with Crippen LogP contribution in [0.2, 0.25) is 0 Å². The second kappa shape index (κ2) is 10.0. The minimum atomic E-state index is -0.0690. The van der Waals surface area contributed by atoms with Crippen molar-refractivity contribution >= 4 is 39.4 Å². The molecule has 1 aliphatic heterocycles.